The Kier molecular flexibility index (Phi) is 5.14. The number of rotatable bonds is 5. The van der Waals surface area contributed by atoms with Crippen molar-refractivity contribution in [1.82, 2.24) is 0 Å². The molecule has 1 atom stereocenters. The summed E-state index contributed by atoms with van der Waals surface area (Å²) in [5.41, 5.74) is 2.04. The predicted molar refractivity (Wildman–Crippen MR) is 96.0 cm³/mol. The highest BCUT2D eigenvalue weighted by Gasteiger charge is 2.37. The van der Waals surface area contributed by atoms with Crippen molar-refractivity contribution >= 4 is 29.2 Å². The van der Waals surface area contributed by atoms with Crippen molar-refractivity contribution in [1.29, 1.82) is 0 Å². The van der Waals surface area contributed by atoms with Crippen LogP contribution in [0.25, 0.3) is 0 Å². The second kappa shape index (κ2) is 7.49. The highest BCUT2D eigenvalue weighted by atomic mass is 35.5. The number of hydrogen-bond acceptors (Lipinski definition) is 6. The fraction of sp³-hybridized carbons (Fsp3) is 0.158. The van der Waals surface area contributed by atoms with Crippen LogP contribution in [0.3, 0.4) is 0 Å². The maximum atomic E-state index is 12.3. The van der Waals surface area contributed by atoms with Gasteiger partial charge in [-0.15, -0.1) is 0 Å². The van der Waals surface area contributed by atoms with Crippen LogP contribution in [0.15, 0.2) is 59.3 Å². The zero-order valence-corrected chi connectivity index (χ0v) is 14.9. The number of nitrogens with one attached hydrogen (secondary N) is 1. The quantitative estimate of drug-likeness (QED) is 0.807. The van der Waals surface area contributed by atoms with Crippen molar-refractivity contribution in [2.45, 2.75) is 13.2 Å². The van der Waals surface area contributed by atoms with Crippen LogP contribution >= 0.6 is 11.6 Å². The number of methoxy groups -OCH3 is 1. The van der Waals surface area contributed by atoms with Crippen molar-refractivity contribution in [3.63, 3.8) is 0 Å². The van der Waals surface area contributed by atoms with Gasteiger partial charge in [0, 0.05) is 0 Å². The number of cyclic esters (lactones) is 1. The molecule has 7 heteroatoms. The highest BCUT2D eigenvalue weighted by molar-refractivity contribution is 6.42. The molecule has 0 fully saturated rings. The van der Waals surface area contributed by atoms with Gasteiger partial charge in [0.05, 0.1) is 18.4 Å². The summed E-state index contributed by atoms with van der Waals surface area (Å²) in [6.07, 6.45) is -1.27. The third-order valence-electron chi connectivity index (χ3n) is 3.74. The molecule has 26 heavy (non-hydrogen) atoms. The Morgan fingerprint density at radius 3 is 2.54 bits per heavy atom. The first-order chi connectivity index (χ1) is 12.5. The average molecular weight is 374 g/mol. The molecule has 6 nitrogen and oxygen atoms in total. The summed E-state index contributed by atoms with van der Waals surface area (Å²) in [6, 6.07) is 13.9. The molecule has 0 bridgehead atoms. The van der Waals surface area contributed by atoms with E-state index in [4.69, 9.17) is 25.8 Å². The van der Waals surface area contributed by atoms with Crippen LogP contribution in [0.5, 0.6) is 5.75 Å². The summed E-state index contributed by atoms with van der Waals surface area (Å²) < 4.78 is 15.6. The molecule has 0 amide bonds. The van der Waals surface area contributed by atoms with Gasteiger partial charge in [0.1, 0.15) is 11.4 Å². The summed E-state index contributed by atoms with van der Waals surface area (Å²) in [5.74, 6) is -0.869. The lowest BCUT2D eigenvalue weighted by atomic mass is 10.1. The molecule has 1 heterocycles. The molecule has 1 aliphatic heterocycles. The predicted octanol–water partition coefficient (Wildman–Crippen LogP) is 3.61. The smallest absolute Gasteiger partial charge is 0.355 e. The Hall–Kier alpha value is -2.99. The average Bonchev–Trinajstić information content (AvgIpc) is 2.90. The van der Waals surface area contributed by atoms with Gasteiger partial charge in [0.15, 0.2) is 5.03 Å². The fourth-order valence-electron chi connectivity index (χ4n) is 2.37. The fourth-order valence-corrected chi connectivity index (χ4v) is 2.55. The van der Waals surface area contributed by atoms with Crippen molar-refractivity contribution in [2.75, 3.05) is 12.4 Å². The van der Waals surface area contributed by atoms with Crippen LogP contribution < -0.4 is 10.1 Å². The lowest BCUT2D eigenvalue weighted by Crippen LogP contribution is -2.24. The third kappa shape index (κ3) is 3.65. The van der Waals surface area contributed by atoms with E-state index in [1.807, 2.05) is 6.92 Å². The molecule has 0 saturated heterocycles. The second-order valence-corrected chi connectivity index (χ2v) is 5.94. The molecule has 1 aliphatic rings. The van der Waals surface area contributed by atoms with E-state index in [-0.39, 0.29) is 10.7 Å². The van der Waals surface area contributed by atoms with Crippen molar-refractivity contribution in [3.05, 3.63) is 70.4 Å². The highest BCUT2D eigenvalue weighted by Crippen LogP contribution is 2.32. The van der Waals surface area contributed by atoms with Gasteiger partial charge in [-0.2, -0.15) is 0 Å². The van der Waals surface area contributed by atoms with Crippen molar-refractivity contribution in [2.24, 2.45) is 0 Å². The first kappa shape index (κ1) is 17.8. The number of ether oxygens (including phenoxy) is 3. The van der Waals surface area contributed by atoms with Gasteiger partial charge in [-0.1, -0.05) is 41.4 Å². The molecule has 134 valence electrons. The van der Waals surface area contributed by atoms with Gasteiger partial charge < -0.3 is 19.5 Å². The Bertz CT molecular complexity index is 876. The SMILES string of the molecule is COc1ccccc1NC1=C(Cl)C(=O)O[C@H]1OC(=O)c1ccc(C)cc1. The number of para-hydroxylation sites is 2. The molecule has 2 aromatic rings. The maximum absolute atomic E-state index is 12.3. The number of anilines is 1. The number of esters is 2. The first-order valence-electron chi connectivity index (χ1n) is 7.78. The van der Waals surface area contributed by atoms with Crippen LogP contribution in [-0.4, -0.2) is 25.3 Å². The van der Waals surface area contributed by atoms with E-state index in [9.17, 15) is 9.59 Å². The molecular weight excluding hydrogens is 358 g/mol. The summed E-state index contributed by atoms with van der Waals surface area (Å²) in [5, 5.41) is 2.77. The molecule has 2 aromatic carbocycles. The Morgan fingerprint density at radius 2 is 1.85 bits per heavy atom. The summed E-state index contributed by atoms with van der Waals surface area (Å²) in [7, 11) is 1.52. The standard InChI is InChI=1S/C19H16ClNO5/c1-11-7-9-12(10-8-11)17(22)25-19-16(15(20)18(23)26-19)21-13-5-3-4-6-14(13)24-2/h3-10,19,21H,1-2H3/t19-/m1/s1. The Morgan fingerprint density at radius 1 is 1.15 bits per heavy atom. The van der Waals surface area contributed by atoms with E-state index in [0.717, 1.165) is 5.56 Å². The minimum absolute atomic E-state index is 0.140. The zero-order chi connectivity index (χ0) is 18.7. The van der Waals surface area contributed by atoms with Crippen LogP contribution in [0.1, 0.15) is 15.9 Å². The molecular formula is C19H16ClNO5. The molecule has 0 saturated carbocycles. The minimum atomic E-state index is -1.27. The molecule has 0 aromatic heterocycles. The normalized spacial score (nSPS) is 16.3. The summed E-state index contributed by atoms with van der Waals surface area (Å²) in [6.45, 7) is 1.91. The summed E-state index contributed by atoms with van der Waals surface area (Å²) in [4.78, 5) is 24.1. The molecule has 3 rings (SSSR count). The lowest BCUT2D eigenvalue weighted by Gasteiger charge is -2.17. The van der Waals surface area contributed by atoms with Gasteiger partial charge >= 0.3 is 11.9 Å². The van der Waals surface area contributed by atoms with E-state index in [2.05, 4.69) is 5.32 Å². The molecule has 0 spiro atoms. The molecule has 0 aliphatic carbocycles. The van der Waals surface area contributed by atoms with E-state index in [1.54, 1.807) is 48.5 Å². The van der Waals surface area contributed by atoms with Crippen LogP contribution in [-0.2, 0) is 14.3 Å². The number of carbonyl (C=O) groups excluding carboxylic acids is 2. The van der Waals surface area contributed by atoms with Crippen molar-refractivity contribution < 1.29 is 23.8 Å². The topological polar surface area (TPSA) is 73.9 Å². The number of carbonyl (C=O) groups is 2. The first-order valence-corrected chi connectivity index (χ1v) is 8.15. The molecule has 0 radical (unpaired) electrons. The number of aryl methyl sites for hydroxylation is 1. The van der Waals surface area contributed by atoms with Crippen LogP contribution in [0, 0.1) is 6.92 Å². The van der Waals surface area contributed by atoms with E-state index < -0.39 is 18.2 Å². The van der Waals surface area contributed by atoms with Crippen LogP contribution in [0.4, 0.5) is 5.69 Å². The van der Waals surface area contributed by atoms with E-state index in [0.29, 0.717) is 17.0 Å². The van der Waals surface area contributed by atoms with Gasteiger partial charge in [-0.05, 0) is 31.2 Å². The Labute approximate surface area is 155 Å². The molecule has 1 N–H and O–H groups in total. The van der Waals surface area contributed by atoms with Crippen LogP contribution in [0.2, 0.25) is 0 Å². The second-order valence-electron chi connectivity index (χ2n) is 5.56. The Balaban J connectivity index is 1.81. The monoisotopic (exact) mass is 373 g/mol. The van der Waals surface area contributed by atoms with Gasteiger partial charge in [-0.25, -0.2) is 9.59 Å². The third-order valence-corrected chi connectivity index (χ3v) is 4.10. The summed E-state index contributed by atoms with van der Waals surface area (Å²) >= 11 is 6.03. The number of hydrogen-bond donors (Lipinski definition) is 1. The number of benzene rings is 2. The van der Waals surface area contributed by atoms with E-state index in [1.165, 1.54) is 7.11 Å². The molecule has 0 unspecified atom stereocenters. The minimum Gasteiger partial charge on any atom is -0.495 e. The lowest BCUT2D eigenvalue weighted by molar-refractivity contribution is -0.152. The largest absolute Gasteiger partial charge is 0.495 e. The maximum Gasteiger partial charge on any atom is 0.355 e. The van der Waals surface area contributed by atoms with Gasteiger partial charge in [0.25, 0.3) is 6.29 Å². The zero-order valence-electron chi connectivity index (χ0n) is 14.1. The van der Waals surface area contributed by atoms with Gasteiger partial charge in [-0.3, -0.25) is 0 Å². The van der Waals surface area contributed by atoms with E-state index >= 15 is 0 Å². The number of halogens is 1. The van der Waals surface area contributed by atoms with Crippen molar-refractivity contribution in [3.8, 4) is 5.75 Å². The van der Waals surface area contributed by atoms with Gasteiger partial charge in [0.2, 0.25) is 0 Å².